The van der Waals surface area contributed by atoms with Gasteiger partial charge in [-0.2, -0.15) is 0 Å². The third kappa shape index (κ3) is 4.10. The van der Waals surface area contributed by atoms with Gasteiger partial charge in [0.2, 0.25) is 0 Å². The predicted molar refractivity (Wildman–Crippen MR) is 80.1 cm³/mol. The molecule has 0 fully saturated rings. The highest BCUT2D eigenvalue weighted by molar-refractivity contribution is 5.77. The van der Waals surface area contributed by atoms with Crippen molar-refractivity contribution in [2.75, 3.05) is 26.2 Å². The second-order valence-corrected chi connectivity index (χ2v) is 4.73. The van der Waals surface area contributed by atoms with Gasteiger partial charge in [-0.3, -0.25) is 9.89 Å². The van der Waals surface area contributed by atoms with E-state index in [2.05, 4.69) is 46.1 Å². The van der Waals surface area contributed by atoms with E-state index in [4.69, 9.17) is 5.73 Å². The zero-order valence-corrected chi connectivity index (χ0v) is 11.3. The van der Waals surface area contributed by atoms with Crippen molar-refractivity contribution in [1.29, 1.82) is 0 Å². The summed E-state index contributed by atoms with van der Waals surface area (Å²) in [5, 5.41) is 2.98. The Bertz CT molecular complexity index is 453. The fraction of sp³-hybridized carbons (Fsp3) is 0.400. The Hall–Kier alpha value is -1.81. The standard InChI is InChI=1S/C15H22N4/c1-2-8-17-15(16)18-9-11-19-10-7-13-5-3-4-6-14(13)12-19/h2-6H,1,7-12H2,(H3,16,17,18). The Labute approximate surface area is 115 Å². The van der Waals surface area contributed by atoms with Gasteiger partial charge in [-0.15, -0.1) is 6.58 Å². The number of hydrogen-bond donors (Lipinski definition) is 2. The summed E-state index contributed by atoms with van der Waals surface area (Å²) in [7, 11) is 0. The van der Waals surface area contributed by atoms with Gasteiger partial charge in [0.1, 0.15) is 0 Å². The molecule has 1 aromatic rings. The number of benzene rings is 1. The minimum atomic E-state index is 0.498. The van der Waals surface area contributed by atoms with E-state index in [1.165, 1.54) is 11.1 Å². The van der Waals surface area contributed by atoms with Crippen molar-refractivity contribution in [3.8, 4) is 0 Å². The molecule has 3 N–H and O–H groups in total. The van der Waals surface area contributed by atoms with Gasteiger partial charge in [-0.1, -0.05) is 30.3 Å². The first-order chi connectivity index (χ1) is 9.29. The van der Waals surface area contributed by atoms with E-state index in [1.54, 1.807) is 6.08 Å². The monoisotopic (exact) mass is 258 g/mol. The van der Waals surface area contributed by atoms with Crippen LogP contribution in [0.1, 0.15) is 11.1 Å². The maximum atomic E-state index is 5.72. The van der Waals surface area contributed by atoms with Crippen LogP contribution in [0.3, 0.4) is 0 Å². The first kappa shape index (κ1) is 13.6. The zero-order valence-electron chi connectivity index (χ0n) is 11.3. The summed E-state index contributed by atoms with van der Waals surface area (Å²) in [5.41, 5.74) is 8.65. The normalized spacial score (nSPS) is 15.9. The molecule has 0 bridgehead atoms. The minimum absolute atomic E-state index is 0.498. The highest BCUT2D eigenvalue weighted by atomic mass is 15.2. The summed E-state index contributed by atoms with van der Waals surface area (Å²) in [6, 6.07) is 8.66. The second-order valence-electron chi connectivity index (χ2n) is 4.73. The molecule has 0 radical (unpaired) electrons. The summed E-state index contributed by atoms with van der Waals surface area (Å²) in [5.74, 6) is 0.498. The molecule has 4 heteroatoms. The van der Waals surface area contributed by atoms with Crippen LogP contribution in [0.4, 0.5) is 0 Å². The molecule has 0 saturated heterocycles. The van der Waals surface area contributed by atoms with Crippen molar-refractivity contribution < 1.29 is 0 Å². The minimum Gasteiger partial charge on any atom is -0.370 e. The molecule has 0 spiro atoms. The largest absolute Gasteiger partial charge is 0.370 e. The first-order valence-corrected chi connectivity index (χ1v) is 6.73. The van der Waals surface area contributed by atoms with Crippen LogP contribution in [-0.4, -0.2) is 37.0 Å². The van der Waals surface area contributed by atoms with Crippen LogP contribution >= 0.6 is 0 Å². The van der Waals surface area contributed by atoms with E-state index in [1.807, 2.05) is 0 Å². The summed E-state index contributed by atoms with van der Waals surface area (Å²) >= 11 is 0. The van der Waals surface area contributed by atoms with E-state index >= 15 is 0 Å². The number of nitrogens with two attached hydrogens (primary N) is 1. The molecule has 0 amide bonds. The van der Waals surface area contributed by atoms with E-state index in [9.17, 15) is 0 Å². The van der Waals surface area contributed by atoms with Gasteiger partial charge in [-0.05, 0) is 17.5 Å². The van der Waals surface area contributed by atoms with E-state index in [0.717, 1.165) is 32.6 Å². The molecule has 19 heavy (non-hydrogen) atoms. The van der Waals surface area contributed by atoms with Crippen molar-refractivity contribution in [2.24, 2.45) is 10.7 Å². The van der Waals surface area contributed by atoms with Gasteiger partial charge >= 0.3 is 0 Å². The topological polar surface area (TPSA) is 53.6 Å². The van der Waals surface area contributed by atoms with Gasteiger partial charge in [0.15, 0.2) is 5.96 Å². The molecule has 1 aliphatic rings. The van der Waals surface area contributed by atoms with Crippen molar-refractivity contribution in [1.82, 2.24) is 10.2 Å². The molecule has 0 atom stereocenters. The van der Waals surface area contributed by atoms with Gasteiger partial charge in [0.25, 0.3) is 0 Å². The lowest BCUT2D eigenvalue weighted by Gasteiger charge is -2.28. The lowest BCUT2D eigenvalue weighted by Crippen LogP contribution is -2.35. The molecular weight excluding hydrogens is 236 g/mol. The molecule has 1 aliphatic heterocycles. The lowest BCUT2D eigenvalue weighted by molar-refractivity contribution is 0.261. The van der Waals surface area contributed by atoms with Crippen LogP contribution in [0.5, 0.6) is 0 Å². The maximum Gasteiger partial charge on any atom is 0.188 e. The molecule has 0 unspecified atom stereocenters. The number of fused-ring (bicyclic) bond motifs is 1. The third-order valence-corrected chi connectivity index (χ3v) is 3.34. The first-order valence-electron chi connectivity index (χ1n) is 6.73. The number of hydrogen-bond acceptors (Lipinski definition) is 2. The lowest BCUT2D eigenvalue weighted by atomic mass is 10.0. The van der Waals surface area contributed by atoms with Gasteiger partial charge in [-0.25, -0.2) is 0 Å². The molecule has 2 rings (SSSR count). The number of nitrogens with zero attached hydrogens (tertiary/aromatic N) is 2. The quantitative estimate of drug-likeness (QED) is 0.473. The molecule has 4 nitrogen and oxygen atoms in total. The average molecular weight is 258 g/mol. The number of rotatable bonds is 5. The van der Waals surface area contributed by atoms with Crippen LogP contribution in [0.25, 0.3) is 0 Å². The molecule has 1 heterocycles. The fourth-order valence-electron chi connectivity index (χ4n) is 2.29. The van der Waals surface area contributed by atoms with Gasteiger partial charge < -0.3 is 11.1 Å². The Balaban J connectivity index is 1.78. The van der Waals surface area contributed by atoms with Crippen molar-refractivity contribution in [3.05, 3.63) is 48.0 Å². The molecule has 0 aromatic heterocycles. The molecular formula is C15H22N4. The van der Waals surface area contributed by atoms with Crippen molar-refractivity contribution in [3.63, 3.8) is 0 Å². The van der Waals surface area contributed by atoms with Crippen molar-refractivity contribution >= 4 is 5.96 Å². The number of nitrogens with one attached hydrogen (secondary N) is 1. The fourth-order valence-corrected chi connectivity index (χ4v) is 2.29. The molecule has 0 aliphatic carbocycles. The van der Waals surface area contributed by atoms with Crippen molar-refractivity contribution in [2.45, 2.75) is 13.0 Å². The average Bonchev–Trinajstić information content (AvgIpc) is 2.45. The van der Waals surface area contributed by atoms with Crippen LogP contribution in [0, 0.1) is 0 Å². The SMILES string of the molecule is C=CCNC(N)=NCCN1CCc2ccccc2C1. The summed E-state index contributed by atoms with van der Waals surface area (Å²) in [6.07, 6.45) is 2.90. The molecule has 1 aromatic carbocycles. The van der Waals surface area contributed by atoms with Gasteiger partial charge in [0.05, 0.1) is 6.54 Å². The second kappa shape index (κ2) is 6.95. The van der Waals surface area contributed by atoms with E-state index in [-0.39, 0.29) is 0 Å². The van der Waals surface area contributed by atoms with Crippen LogP contribution in [-0.2, 0) is 13.0 Å². The summed E-state index contributed by atoms with van der Waals surface area (Å²) in [6.45, 7) is 8.09. The molecule has 0 saturated carbocycles. The van der Waals surface area contributed by atoms with E-state index < -0.39 is 0 Å². The van der Waals surface area contributed by atoms with Crippen LogP contribution < -0.4 is 11.1 Å². The molecule has 102 valence electrons. The van der Waals surface area contributed by atoms with Gasteiger partial charge in [0, 0.05) is 26.2 Å². The Morgan fingerprint density at radius 3 is 3.00 bits per heavy atom. The summed E-state index contributed by atoms with van der Waals surface area (Å²) in [4.78, 5) is 6.73. The smallest absolute Gasteiger partial charge is 0.188 e. The van der Waals surface area contributed by atoms with Crippen LogP contribution in [0.2, 0.25) is 0 Å². The highest BCUT2D eigenvalue weighted by Gasteiger charge is 2.14. The Kier molecular flexibility index (Phi) is 4.98. The highest BCUT2D eigenvalue weighted by Crippen LogP contribution is 2.17. The Morgan fingerprint density at radius 1 is 1.42 bits per heavy atom. The number of aliphatic imine (C=N–C) groups is 1. The van der Waals surface area contributed by atoms with Crippen LogP contribution in [0.15, 0.2) is 41.9 Å². The summed E-state index contributed by atoms with van der Waals surface area (Å²) < 4.78 is 0. The number of guanidine groups is 1. The zero-order chi connectivity index (χ0) is 13.5. The maximum absolute atomic E-state index is 5.72. The third-order valence-electron chi connectivity index (χ3n) is 3.34. The Morgan fingerprint density at radius 2 is 2.21 bits per heavy atom. The van der Waals surface area contributed by atoms with E-state index in [0.29, 0.717) is 12.5 Å². The predicted octanol–water partition coefficient (Wildman–Crippen LogP) is 1.14.